The normalized spacial score (nSPS) is 26.2. The van der Waals surface area contributed by atoms with Crippen LogP contribution in [0.2, 0.25) is 0 Å². The van der Waals surface area contributed by atoms with Crippen molar-refractivity contribution in [2.75, 3.05) is 27.2 Å². The largest absolute Gasteiger partial charge is 0.319 e. The van der Waals surface area contributed by atoms with Gasteiger partial charge in [0.05, 0.1) is 0 Å². The summed E-state index contributed by atoms with van der Waals surface area (Å²) in [5.41, 5.74) is 0. The Morgan fingerprint density at radius 3 is 2.79 bits per heavy atom. The minimum atomic E-state index is 0.826. The Labute approximate surface area is 88.4 Å². The Morgan fingerprint density at radius 2 is 2.29 bits per heavy atom. The number of nitrogens with one attached hydrogen (secondary N) is 1. The summed E-state index contributed by atoms with van der Waals surface area (Å²) in [4.78, 5) is 2.52. The minimum absolute atomic E-state index is 0.826. The van der Waals surface area contributed by atoms with Crippen molar-refractivity contribution in [3.05, 3.63) is 12.7 Å². The van der Waals surface area contributed by atoms with Gasteiger partial charge in [0.15, 0.2) is 0 Å². The summed E-state index contributed by atoms with van der Waals surface area (Å²) in [7, 11) is 4.31. The van der Waals surface area contributed by atoms with Gasteiger partial charge in [-0.25, -0.2) is 0 Å². The first kappa shape index (κ1) is 11.7. The number of unbranched alkanes of at least 4 members (excludes halogenated alkanes) is 1. The summed E-state index contributed by atoms with van der Waals surface area (Å²) in [6, 6.07) is 0.826. The molecule has 2 atom stereocenters. The van der Waals surface area contributed by atoms with Crippen LogP contribution < -0.4 is 5.32 Å². The molecule has 0 saturated heterocycles. The van der Waals surface area contributed by atoms with Gasteiger partial charge in [-0.3, -0.25) is 0 Å². The molecule has 1 rings (SSSR count). The SMILES string of the molecule is C=CCCCN(C)C1CCC1CNC. The van der Waals surface area contributed by atoms with E-state index in [4.69, 9.17) is 0 Å². The monoisotopic (exact) mass is 196 g/mol. The lowest BCUT2D eigenvalue weighted by atomic mass is 9.78. The van der Waals surface area contributed by atoms with E-state index in [1.165, 1.54) is 32.4 Å². The number of nitrogens with zero attached hydrogens (tertiary/aromatic N) is 1. The third-order valence-corrected chi connectivity index (χ3v) is 3.33. The zero-order valence-electron chi connectivity index (χ0n) is 9.63. The van der Waals surface area contributed by atoms with Crippen LogP contribution in [0.4, 0.5) is 0 Å². The van der Waals surface area contributed by atoms with Gasteiger partial charge in [-0.15, -0.1) is 6.58 Å². The molecular weight excluding hydrogens is 172 g/mol. The van der Waals surface area contributed by atoms with Crippen LogP contribution in [-0.4, -0.2) is 38.1 Å². The molecule has 0 bridgehead atoms. The Balaban J connectivity index is 2.16. The van der Waals surface area contributed by atoms with Crippen molar-refractivity contribution in [2.45, 2.75) is 31.7 Å². The second kappa shape index (κ2) is 6.20. The van der Waals surface area contributed by atoms with Gasteiger partial charge in [-0.05, 0) is 58.8 Å². The van der Waals surface area contributed by atoms with Crippen LogP contribution >= 0.6 is 0 Å². The van der Waals surface area contributed by atoms with E-state index in [1.807, 2.05) is 13.1 Å². The molecule has 0 radical (unpaired) electrons. The number of hydrogen-bond acceptors (Lipinski definition) is 2. The van der Waals surface area contributed by atoms with Crippen LogP contribution in [0.1, 0.15) is 25.7 Å². The zero-order chi connectivity index (χ0) is 10.4. The van der Waals surface area contributed by atoms with Crippen molar-refractivity contribution in [2.24, 2.45) is 5.92 Å². The lowest BCUT2D eigenvalue weighted by Crippen LogP contribution is -2.48. The molecule has 0 heterocycles. The average Bonchev–Trinajstić information content (AvgIpc) is 2.13. The van der Waals surface area contributed by atoms with Crippen molar-refractivity contribution in [3.8, 4) is 0 Å². The van der Waals surface area contributed by atoms with Crippen molar-refractivity contribution in [3.63, 3.8) is 0 Å². The van der Waals surface area contributed by atoms with Gasteiger partial charge < -0.3 is 10.2 Å². The summed E-state index contributed by atoms with van der Waals surface area (Å²) in [6.45, 7) is 6.15. The Kier molecular flexibility index (Phi) is 5.20. The van der Waals surface area contributed by atoms with Crippen LogP contribution in [0.5, 0.6) is 0 Å². The molecule has 0 aromatic carbocycles. The Bertz CT molecular complexity index is 168. The first-order chi connectivity index (χ1) is 6.79. The van der Waals surface area contributed by atoms with E-state index in [2.05, 4.69) is 23.8 Å². The van der Waals surface area contributed by atoms with E-state index in [-0.39, 0.29) is 0 Å². The molecule has 1 N–H and O–H groups in total. The van der Waals surface area contributed by atoms with Gasteiger partial charge in [0.2, 0.25) is 0 Å². The van der Waals surface area contributed by atoms with E-state index in [0.29, 0.717) is 0 Å². The highest BCUT2D eigenvalue weighted by atomic mass is 15.1. The lowest BCUT2D eigenvalue weighted by Gasteiger charge is -2.42. The van der Waals surface area contributed by atoms with Gasteiger partial charge in [-0.1, -0.05) is 6.08 Å². The molecule has 2 heteroatoms. The van der Waals surface area contributed by atoms with Crippen LogP contribution in [-0.2, 0) is 0 Å². The smallest absolute Gasteiger partial charge is 0.0133 e. The molecule has 2 unspecified atom stereocenters. The standard InChI is InChI=1S/C12H24N2/c1-4-5-6-9-14(3)12-8-7-11(12)10-13-2/h4,11-13H,1,5-10H2,2-3H3. The maximum atomic E-state index is 3.75. The van der Waals surface area contributed by atoms with Crippen LogP contribution in [0.25, 0.3) is 0 Å². The van der Waals surface area contributed by atoms with Gasteiger partial charge in [0.1, 0.15) is 0 Å². The van der Waals surface area contributed by atoms with Gasteiger partial charge in [0.25, 0.3) is 0 Å². The van der Waals surface area contributed by atoms with Crippen molar-refractivity contribution < 1.29 is 0 Å². The third kappa shape index (κ3) is 3.10. The van der Waals surface area contributed by atoms with Crippen LogP contribution in [0.3, 0.4) is 0 Å². The van der Waals surface area contributed by atoms with Gasteiger partial charge in [0, 0.05) is 6.04 Å². The van der Waals surface area contributed by atoms with E-state index in [1.54, 1.807) is 0 Å². The molecule has 1 aliphatic carbocycles. The molecule has 1 saturated carbocycles. The first-order valence-corrected chi connectivity index (χ1v) is 5.75. The first-order valence-electron chi connectivity index (χ1n) is 5.75. The maximum absolute atomic E-state index is 3.75. The fourth-order valence-electron chi connectivity index (χ4n) is 2.28. The van der Waals surface area contributed by atoms with E-state index in [9.17, 15) is 0 Å². The highest BCUT2D eigenvalue weighted by Gasteiger charge is 2.32. The predicted molar refractivity (Wildman–Crippen MR) is 62.5 cm³/mol. The molecule has 0 aromatic heterocycles. The summed E-state index contributed by atoms with van der Waals surface area (Å²) in [5, 5.41) is 3.28. The number of allylic oxidation sites excluding steroid dienone is 1. The number of hydrogen-bond donors (Lipinski definition) is 1. The fraction of sp³-hybridized carbons (Fsp3) is 0.833. The number of rotatable bonds is 7. The summed E-state index contributed by atoms with van der Waals surface area (Å²) in [6.07, 6.45) is 7.20. The molecule has 14 heavy (non-hydrogen) atoms. The van der Waals surface area contributed by atoms with Gasteiger partial charge >= 0.3 is 0 Å². The highest BCUT2D eigenvalue weighted by molar-refractivity contribution is 4.88. The molecular formula is C12H24N2. The van der Waals surface area contributed by atoms with Gasteiger partial charge in [-0.2, -0.15) is 0 Å². The topological polar surface area (TPSA) is 15.3 Å². The molecule has 0 spiro atoms. The van der Waals surface area contributed by atoms with Crippen molar-refractivity contribution in [1.82, 2.24) is 10.2 Å². The molecule has 0 amide bonds. The predicted octanol–water partition coefficient (Wildman–Crippen LogP) is 1.88. The zero-order valence-corrected chi connectivity index (χ0v) is 9.63. The quantitative estimate of drug-likeness (QED) is 0.494. The molecule has 82 valence electrons. The van der Waals surface area contributed by atoms with E-state index >= 15 is 0 Å². The maximum Gasteiger partial charge on any atom is 0.0133 e. The minimum Gasteiger partial charge on any atom is -0.319 e. The van der Waals surface area contributed by atoms with Crippen molar-refractivity contribution >= 4 is 0 Å². The highest BCUT2D eigenvalue weighted by Crippen LogP contribution is 2.30. The van der Waals surface area contributed by atoms with E-state index < -0.39 is 0 Å². The second-order valence-corrected chi connectivity index (χ2v) is 4.37. The second-order valence-electron chi connectivity index (χ2n) is 4.37. The molecule has 1 fully saturated rings. The van der Waals surface area contributed by atoms with Crippen LogP contribution in [0, 0.1) is 5.92 Å². The fourth-order valence-corrected chi connectivity index (χ4v) is 2.28. The summed E-state index contributed by atoms with van der Waals surface area (Å²) >= 11 is 0. The summed E-state index contributed by atoms with van der Waals surface area (Å²) < 4.78 is 0. The van der Waals surface area contributed by atoms with Crippen LogP contribution in [0.15, 0.2) is 12.7 Å². The van der Waals surface area contributed by atoms with E-state index in [0.717, 1.165) is 18.4 Å². The molecule has 0 aliphatic heterocycles. The lowest BCUT2D eigenvalue weighted by molar-refractivity contribution is 0.0844. The summed E-state index contributed by atoms with van der Waals surface area (Å²) in [5.74, 6) is 0.883. The third-order valence-electron chi connectivity index (χ3n) is 3.33. The average molecular weight is 196 g/mol. The Hall–Kier alpha value is -0.340. The molecule has 0 aromatic rings. The van der Waals surface area contributed by atoms with Crippen molar-refractivity contribution in [1.29, 1.82) is 0 Å². The molecule has 2 nitrogen and oxygen atoms in total. The molecule has 1 aliphatic rings. The Morgan fingerprint density at radius 1 is 1.50 bits per heavy atom.